The van der Waals surface area contributed by atoms with Gasteiger partial charge in [0.05, 0.1) is 17.6 Å². The average molecular weight is 400 g/mol. The summed E-state index contributed by atoms with van der Waals surface area (Å²) in [6.07, 6.45) is 7.61. The van der Waals surface area contributed by atoms with Gasteiger partial charge in [0, 0.05) is 6.04 Å². The van der Waals surface area contributed by atoms with Gasteiger partial charge in [-0.3, -0.25) is 25.8 Å². The second kappa shape index (κ2) is 9.67. The topological polar surface area (TPSA) is 131 Å². The molecule has 1 heterocycles. The number of amides is 1. The monoisotopic (exact) mass is 400 g/mol. The number of nitrogens with one attached hydrogen (secondary N) is 3. The third-order valence-corrected chi connectivity index (χ3v) is 4.85. The predicted octanol–water partition coefficient (Wildman–Crippen LogP) is 3.29. The molecule has 1 aliphatic rings. The molecule has 3 rings (SSSR count). The highest BCUT2D eigenvalue weighted by atomic mass is 16.6. The molecule has 2 aromatic rings. The highest BCUT2D eigenvalue weighted by Gasteiger charge is 2.26. The quantitative estimate of drug-likeness (QED) is 0.366. The highest BCUT2D eigenvalue weighted by Crippen LogP contribution is 2.31. The standard InChI is InChI=1S/C19H24N6O4/c1-29-15-11-7-6-10-14(15)19(26)24-23-18-16(25(27)28)17(20-12-21-18)22-13-8-4-2-3-5-9-13/h6-7,10-13H,2-5,8-9H2,1H3,(H,24,26)(H2,20,21,22,23). The maximum absolute atomic E-state index is 12.4. The first-order chi connectivity index (χ1) is 14.1. The van der Waals surface area contributed by atoms with Crippen molar-refractivity contribution in [2.24, 2.45) is 0 Å². The molecule has 154 valence electrons. The number of aromatic nitrogens is 2. The number of hydrogen-bond acceptors (Lipinski definition) is 8. The number of carbonyl (C=O) groups is 1. The van der Waals surface area contributed by atoms with Crippen LogP contribution in [0.4, 0.5) is 17.3 Å². The molecule has 0 atom stereocenters. The molecule has 29 heavy (non-hydrogen) atoms. The van der Waals surface area contributed by atoms with Crippen LogP contribution in [-0.4, -0.2) is 34.0 Å². The Kier molecular flexibility index (Phi) is 6.77. The number of benzene rings is 1. The smallest absolute Gasteiger partial charge is 0.354 e. The zero-order valence-corrected chi connectivity index (χ0v) is 16.2. The Morgan fingerprint density at radius 1 is 1.14 bits per heavy atom. The summed E-state index contributed by atoms with van der Waals surface area (Å²) in [5.41, 5.74) is 4.96. The third kappa shape index (κ3) is 5.09. The Balaban J connectivity index is 1.76. The molecule has 0 spiro atoms. The summed E-state index contributed by atoms with van der Waals surface area (Å²) in [5.74, 6) is -0.0661. The largest absolute Gasteiger partial charge is 0.496 e. The van der Waals surface area contributed by atoms with Crippen LogP contribution in [0.15, 0.2) is 30.6 Å². The summed E-state index contributed by atoms with van der Waals surface area (Å²) >= 11 is 0. The maximum atomic E-state index is 12.4. The second-order valence-corrected chi connectivity index (χ2v) is 6.79. The molecule has 3 N–H and O–H groups in total. The third-order valence-electron chi connectivity index (χ3n) is 4.85. The van der Waals surface area contributed by atoms with Crippen LogP contribution >= 0.6 is 0 Å². The molecule has 10 nitrogen and oxygen atoms in total. The number of carbonyl (C=O) groups excluding carboxylic acids is 1. The average Bonchev–Trinajstić information content (AvgIpc) is 3.00. The van der Waals surface area contributed by atoms with Gasteiger partial charge in [0.25, 0.3) is 5.91 Å². The van der Waals surface area contributed by atoms with Gasteiger partial charge >= 0.3 is 5.69 Å². The van der Waals surface area contributed by atoms with E-state index in [1.807, 2.05) is 0 Å². The van der Waals surface area contributed by atoms with Gasteiger partial charge in [0.1, 0.15) is 12.1 Å². The van der Waals surface area contributed by atoms with Crippen molar-refractivity contribution in [2.75, 3.05) is 17.9 Å². The van der Waals surface area contributed by atoms with E-state index in [-0.39, 0.29) is 28.9 Å². The van der Waals surface area contributed by atoms with Gasteiger partial charge in [-0.25, -0.2) is 9.97 Å². The van der Waals surface area contributed by atoms with E-state index in [0.717, 1.165) is 25.7 Å². The van der Waals surface area contributed by atoms with E-state index in [1.165, 1.54) is 26.3 Å². The SMILES string of the molecule is COc1ccccc1C(=O)NNc1ncnc(NC2CCCCCC2)c1[N+](=O)[O-]. The summed E-state index contributed by atoms with van der Waals surface area (Å²) in [6, 6.07) is 6.80. The van der Waals surface area contributed by atoms with Gasteiger partial charge in [0.2, 0.25) is 11.6 Å². The molecule has 1 aromatic carbocycles. The predicted molar refractivity (Wildman–Crippen MR) is 108 cm³/mol. The van der Waals surface area contributed by atoms with E-state index in [4.69, 9.17) is 4.74 Å². The molecule has 0 bridgehead atoms. The molecule has 0 aliphatic heterocycles. The summed E-state index contributed by atoms with van der Waals surface area (Å²) < 4.78 is 5.16. The van der Waals surface area contributed by atoms with Crippen LogP contribution in [0.1, 0.15) is 48.9 Å². The number of hydrazine groups is 1. The van der Waals surface area contributed by atoms with Crippen molar-refractivity contribution in [1.29, 1.82) is 0 Å². The number of para-hydroxylation sites is 1. The van der Waals surface area contributed by atoms with Gasteiger partial charge in [-0.2, -0.15) is 0 Å². The zero-order valence-electron chi connectivity index (χ0n) is 16.2. The van der Waals surface area contributed by atoms with Crippen molar-refractivity contribution < 1.29 is 14.5 Å². The summed E-state index contributed by atoms with van der Waals surface area (Å²) in [7, 11) is 1.46. The summed E-state index contributed by atoms with van der Waals surface area (Å²) in [6.45, 7) is 0. The molecule has 1 fully saturated rings. The van der Waals surface area contributed by atoms with Crippen LogP contribution in [0.3, 0.4) is 0 Å². The first-order valence-electron chi connectivity index (χ1n) is 9.55. The van der Waals surface area contributed by atoms with Crippen LogP contribution in [0.25, 0.3) is 0 Å². The fourth-order valence-electron chi connectivity index (χ4n) is 3.38. The minimum Gasteiger partial charge on any atom is -0.496 e. The van der Waals surface area contributed by atoms with Crippen molar-refractivity contribution in [2.45, 2.75) is 44.6 Å². The fraction of sp³-hybridized carbons (Fsp3) is 0.421. The number of hydrogen-bond donors (Lipinski definition) is 3. The van der Waals surface area contributed by atoms with E-state index in [9.17, 15) is 14.9 Å². The van der Waals surface area contributed by atoms with E-state index in [0.29, 0.717) is 5.75 Å². The normalized spacial score (nSPS) is 14.5. The van der Waals surface area contributed by atoms with Crippen molar-refractivity contribution >= 4 is 23.2 Å². The molecule has 0 unspecified atom stereocenters. The Bertz CT molecular complexity index is 868. The fourth-order valence-corrected chi connectivity index (χ4v) is 3.38. The molecule has 0 saturated heterocycles. The van der Waals surface area contributed by atoms with Crippen molar-refractivity contribution in [3.63, 3.8) is 0 Å². The Morgan fingerprint density at radius 2 is 1.83 bits per heavy atom. The first-order valence-corrected chi connectivity index (χ1v) is 9.55. The molecular formula is C19H24N6O4. The van der Waals surface area contributed by atoms with Crippen LogP contribution < -0.4 is 20.9 Å². The molecule has 10 heteroatoms. The Hall–Kier alpha value is -3.43. The first kappa shape index (κ1) is 20.3. The van der Waals surface area contributed by atoms with E-state index >= 15 is 0 Å². The lowest BCUT2D eigenvalue weighted by Gasteiger charge is -2.17. The van der Waals surface area contributed by atoms with Crippen LogP contribution in [0.5, 0.6) is 5.75 Å². The lowest BCUT2D eigenvalue weighted by molar-refractivity contribution is -0.383. The lowest BCUT2D eigenvalue weighted by Crippen LogP contribution is -2.31. The molecule has 1 amide bonds. The minimum atomic E-state index is -0.559. The van der Waals surface area contributed by atoms with Gasteiger partial charge < -0.3 is 10.1 Å². The van der Waals surface area contributed by atoms with Crippen LogP contribution in [0, 0.1) is 10.1 Å². The van der Waals surface area contributed by atoms with Crippen molar-refractivity contribution in [3.8, 4) is 5.75 Å². The molecule has 1 aliphatic carbocycles. The molecule has 0 radical (unpaired) electrons. The number of nitro groups is 1. The van der Waals surface area contributed by atoms with E-state index < -0.39 is 10.8 Å². The number of rotatable bonds is 7. The second-order valence-electron chi connectivity index (χ2n) is 6.79. The zero-order chi connectivity index (χ0) is 20.6. The van der Waals surface area contributed by atoms with E-state index in [1.54, 1.807) is 24.3 Å². The lowest BCUT2D eigenvalue weighted by atomic mass is 10.1. The van der Waals surface area contributed by atoms with Gasteiger partial charge in [0.15, 0.2) is 0 Å². The molecule has 1 saturated carbocycles. The van der Waals surface area contributed by atoms with Gasteiger partial charge in [-0.1, -0.05) is 37.8 Å². The van der Waals surface area contributed by atoms with Gasteiger partial charge in [-0.05, 0) is 25.0 Å². The number of ether oxygens (including phenoxy) is 1. The minimum absolute atomic E-state index is 0.0932. The summed E-state index contributed by atoms with van der Waals surface area (Å²) in [4.78, 5) is 31.5. The van der Waals surface area contributed by atoms with Crippen molar-refractivity contribution in [1.82, 2.24) is 15.4 Å². The number of methoxy groups -OCH3 is 1. The maximum Gasteiger partial charge on any atom is 0.354 e. The Labute approximate surface area is 168 Å². The van der Waals surface area contributed by atoms with Crippen molar-refractivity contribution in [3.05, 3.63) is 46.3 Å². The molecular weight excluding hydrogens is 376 g/mol. The van der Waals surface area contributed by atoms with Gasteiger partial charge in [-0.15, -0.1) is 0 Å². The Morgan fingerprint density at radius 3 is 2.52 bits per heavy atom. The number of anilines is 2. The molecule has 1 aromatic heterocycles. The van der Waals surface area contributed by atoms with Crippen LogP contribution in [-0.2, 0) is 0 Å². The number of nitrogens with zero attached hydrogens (tertiary/aromatic N) is 3. The summed E-state index contributed by atoms with van der Waals surface area (Å²) in [5, 5.41) is 14.9. The van der Waals surface area contributed by atoms with Crippen LogP contribution in [0.2, 0.25) is 0 Å². The highest BCUT2D eigenvalue weighted by molar-refractivity contribution is 5.97. The van der Waals surface area contributed by atoms with E-state index in [2.05, 4.69) is 26.1 Å².